The van der Waals surface area contributed by atoms with Gasteiger partial charge >= 0.3 is 0 Å². The molecule has 0 aliphatic rings. The van der Waals surface area contributed by atoms with Crippen molar-refractivity contribution in [2.75, 3.05) is 28.2 Å². The third kappa shape index (κ3) is 4.95. The number of carbonyl (C=O) groups is 2. The van der Waals surface area contributed by atoms with Crippen molar-refractivity contribution in [3.63, 3.8) is 0 Å². The van der Waals surface area contributed by atoms with Crippen molar-refractivity contribution < 1.29 is 14.0 Å². The Morgan fingerprint density at radius 3 is 1.79 bits per heavy atom. The lowest BCUT2D eigenvalue weighted by atomic mass is 10.0. The topological polar surface area (TPSA) is 49.9 Å². The van der Waals surface area contributed by atoms with E-state index < -0.39 is 25.7 Å². The summed E-state index contributed by atoms with van der Waals surface area (Å²) in [6.07, 6.45) is 0. The van der Waals surface area contributed by atoms with Crippen LogP contribution < -0.4 is 0 Å². The number of nitrogens with zero attached hydrogens (tertiary/aromatic N) is 2. The zero-order valence-corrected chi connectivity index (χ0v) is 16.5. The van der Waals surface area contributed by atoms with Gasteiger partial charge in [0, 0.05) is 33.8 Å². The van der Waals surface area contributed by atoms with Crippen LogP contribution in [0.25, 0.3) is 0 Å². The smallest absolute Gasteiger partial charge is 0.278 e. The first-order valence-corrected chi connectivity index (χ1v) is 11.1. The minimum absolute atomic E-state index is 0.466. The van der Waals surface area contributed by atoms with Gasteiger partial charge < -0.3 is 14.2 Å². The molecule has 0 N–H and O–H groups in total. The average molecular weight is 347 g/mol. The Bertz CT molecular complexity index is 632. The van der Waals surface area contributed by atoms with Gasteiger partial charge in [0.25, 0.3) is 17.4 Å². The van der Waals surface area contributed by atoms with Gasteiger partial charge in [-0.05, 0) is 37.7 Å². The molecule has 0 aliphatic heterocycles. The largest absolute Gasteiger partial charge is 0.387 e. The molecule has 0 fully saturated rings. The normalized spacial score (nSPS) is 11.3. The molecule has 0 bridgehead atoms. The minimum Gasteiger partial charge on any atom is -0.387 e. The Labute approximate surface area is 145 Å². The van der Waals surface area contributed by atoms with Crippen molar-refractivity contribution in [1.82, 2.24) is 9.80 Å². The molecule has 1 rings (SSSR count). The summed E-state index contributed by atoms with van der Waals surface area (Å²) in [5, 5.41) is 0. The Kier molecular flexibility index (Phi) is 6.35. The molecule has 0 aromatic heterocycles. The number of hydrogen-bond acceptors (Lipinski definition) is 3. The van der Waals surface area contributed by atoms with Gasteiger partial charge in [0.15, 0.2) is 8.32 Å². The van der Waals surface area contributed by atoms with Gasteiger partial charge in [-0.2, -0.15) is 0 Å². The molecule has 0 radical (unpaired) electrons. The van der Waals surface area contributed by atoms with Gasteiger partial charge in [-0.3, -0.25) is 9.59 Å². The lowest BCUT2D eigenvalue weighted by Gasteiger charge is -2.35. The molecule has 5 nitrogen and oxygen atoms in total. The second-order valence-electron chi connectivity index (χ2n) is 6.91. The van der Waals surface area contributed by atoms with E-state index in [0.29, 0.717) is 0 Å². The van der Waals surface area contributed by atoms with Crippen molar-refractivity contribution in [2.24, 2.45) is 0 Å². The van der Waals surface area contributed by atoms with Gasteiger partial charge in [0.05, 0.1) is 0 Å². The van der Waals surface area contributed by atoms with Crippen molar-refractivity contribution in [1.29, 1.82) is 0 Å². The van der Waals surface area contributed by atoms with Crippen molar-refractivity contribution in [3.8, 4) is 11.8 Å². The Morgan fingerprint density at radius 1 is 0.958 bits per heavy atom. The summed E-state index contributed by atoms with van der Waals surface area (Å²) in [6, 6.07) is 9.24. The Morgan fingerprint density at radius 2 is 1.42 bits per heavy atom. The van der Waals surface area contributed by atoms with E-state index in [1.807, 2.05) is 50.0 Å². The highest BCUT2D eigenvalue weighted by atomic mass is 28.4. The van der Waals surface area contributed by atoms with E-state index in [9.17, 15) is 9.59 Å². The molecule has 2 amide bonds. The Balaban J connectivity index is 3.54. The van der Waals surface area contributed by atoms with Crippen LogP contribution in [-0.4, -0.2) is 63.7 Å². The van der Waals surface area contributed by atoms with E-state index in [2.05, 4.69) is 11.8 Å². The monoisotopic (exact) mass is 346 g/mol. The van der Waals surface area contributed by atoms with Crippen LogP contribution in [0.3, 0.4) is 0 Å². The maximum atomic E-state index is 12.9. The highest BCUT2D eigenvalue weighted by Gasteiger charge is 2.50. The van der Waals surface area contributed by atoms with Crippen LogP contribution in [0.2, 0.25) is 19.6 Å². The maximum Gasteiger partial charge on any atom is 0.278 e. The van der Waals surface area contributed by atoms with E-state index >= 15 is 0 Å². The molecule has 0 unspecified atom stereocenters. The molecule has 6 heteroatoms. The molecular formula is C18H26N2O3Si. The molecule has 0 spiro atoms. The van der Waals surface area contributed by atoms with Gasteiger partial charge in [0.2, 0.25) is 0 Å². The number of rotatable bonds is 4. The molecule has 0 atom stereocenters. The van der Waals surface area contributed by atoms with E-state index in [-0.39, 0.29) is 0 Å². The average Bonchev–Trinajstić information content (AvgIpc) is 2.49. The van der Waals surface area contributed by atoms with E-state index in [1.165, 1.54) is 9.80 Å². The van der Waals surface area contributed by atoms with Crippen LogP contribution in [0.15, 0.2) is 30.3 Å². The molecule has 0 heterocycles. The third-order valence-electron chi connectivity index (χ3n) is 3.03. The van der Waals surface area contributed by atoms with Gasteiger partial charge in [-0.25, -0.2) is 0 Å². The fraction of sp³-hybridized carbons (Fsp3) is 0.444. The zero-order valence-electron chi connectivity index (χ0n) is 15.5. The predicted molar refractivity (Wildman–Crippen MR) is 97.9 cm³/mol. The molecule has 24 heavy (non-hydrogen) atoms. The SMILES string of the molecule is CN(C)C(=O)C(C#Cc1ccccc1)(O[Si](C)(C)C)C(=O)N(C)C. The summed E-state index contributed by atoms with van der Waals surface area (Å²) in [5.41, 5.74) is -1.10. The molecule has 1 aromatic rings. The Hall–Kier alpha value is -2.10. The number of amides is 2. The van der Waals surface area contributed by atoms with E-state index in [4.69, 9.17) is 4.43 Å². The van der Waals surface area contributed by atoms with Crippen LogP contribution in [0, 0.1) is 11.8 Å². The van der Waals surface area contributed by atoms with Gasteiger partial charge in [-0.15, -0.1) is 0 Å². The van der Waals surface area contributed by atoms with Gasteiger partial charge in [0.1, 0.15) is 0 Å². The highest BCUT2D eigenvalue weighted by Crippen LogP contribution is 2.22. The molecule has 130 valence electrons. The van der Waals surface area contributed by atoms with Crippen molar-refractivity contribution in [3.05, 3.63) is 35.9 Å². The second kappa shape index (κ2) is 7.64. The fourth-order valence-corrected chi connectivity index (χ4v) is 3.23. The number of carbonyl (C=O) groups excluding carboxylic acids is 2. The first-order chi connectivity index (χ1) is 11.0. The van der Waals surface area contributed by atoms with Crippen molar-refractivity contribution in [2.45, 2.75) is 25.2 Å². The van der Waals surface area contributed by atoms with Crippen LogP contribution in [0.5, 0.6) is 0 Å². The summed E-state index contributed by atoms with van der Waals surface area (Å²) in [4.78, 5) is 28.5. The standard InChI is InChI=1S/C18H26N2O3Si/c1-19(2)16(21)18(17(22)20(3)4,23-24(5,6)7)14-13-15-11-9-8-10-12-15/h8-12H,1-7H3. The first-order valence-electron chi connectivity index (χ1n) is 7.71. The number of benzene rings is 1. The van der Waals surface area contributed by atoms with Crippen LogP contribution >= 0.6 is 0 Å². The number of hydrogen-bond donors (Lipinski definition) is 0. The summed E-state index contributed by atoms with van der Waals surface area (Å²) in [7, 11) is 4.13. The predicted octanol–water partition coefficient (Wildman–Crippen LogP) is 1.80. The summed E-state index contributed by atoms with van der Waals surface area (Å²) >= 11 is 0. The summed E-state index contributed by atoms with van der Waals surface area (Å²) in [6.45, 7) is 5.79. The lowest BCUT2D eigenvalue weighted by Crippen LogP contribution is -2.60. The second-order valence-corrected chi connectivity index (χ2v) is 11.3. The highest BCUT2D eigenvalue weighted by molar-refractivity contribution is 6.70. The van der Waals surface area contributed by atoms with E-state index in [1.54, 1.807) is 28.2 Å². The molecule has 1 aromatic carbocycles. The minimum atomic E-state index is -2.25. The summed E-state index contributed by atoms with van der Waals surface area (Å²) in [5.74, 6) is 4.85. The summed E-state index contributed by atoms with van der Waals surface area (Å²) < 4.78 is 6.08. The molecule has 0 saturated heterocycles. The lowest BCUT2D eigenvalue weighted by molar-refractivity contribution is -0.155. The number of likely N-dealkylation sites (N-methyl/N-ethyl adjacent to an activating group) is 2. The molecule has 0 saturated carbocycles. The van der Waals surface area contributed by atoms with E-state index in [0.717, 1.165) is 5.56 Å². The maximum absolute atomic E-state index is 12.9. The zero-order chi connectivity index (χ0) is 18.5. The molecular weight excluding hydrogens is 320 g/mol. The van der Waals surface area contributed by atoms with Crippen LogP contribution in [0.4, 0.5) is 0 Å². The first kappa shape index (κ1) is 19.9. The van der Waals surface area contributed by atoms with Crippen LogP contribution in [-0.2, 0) is 14.0 Å². The van der Waals surface area contributed by atoms with Gasteiger partial charge in [-0.1, -0.05) is 24.1 Å². The molecule has 0 aliphatic carbocycles. The fourth-order valence-electron chi connectivity index (χ4n) is 2.08. The quantitative estimate of drug-likeness (QED) is 0.475. The van der Waals surface area contributed by atoms with Crippen molar-refractivity contribution >= 4 is 20.1 Å². The van der Waals surface area contributed by atoms with Crippen LogP contribution in [0.1, 0.15) is 5.56 Å². The third-order valence-corrected chi connectivity index (χ3v) is 3.95.